The molecule has 1 N–H and O–H groups in total. The summed E-state index contributed by atoms with van der Waals surface area (Å²) >= 11 is 0. The average molecular weight is 413 g/mol. The summed E-state index contributed by atoms with van der Waals surface area (Å²) in [6, 6.07) is 8.34. The molecule has 4 unspecified atom stereocenters. The van der Waals surface area contributed by atoms with E-state index in [-0.39, 0.29) is 11.8 Å². The lowest BCUT2D eigenvalue weighted by Crippen LogP contribution is -2.49. The number of carbonyl (C=O) groups excluding carboxylic acids is 1. The van der Waals surface area contributed by atoms with Crippen molar-refractivity contribution >= 4 is 11.9 Å². The Hall–Kier alpha value is -2.57. The summed E-state index contributed by atoms with van der Waals surface area (Å²) in [5, 5.41) is 7.47. The van der Waals surface area contributed by atoms with E-state index in [1.54, 1.807) is 7.11 Å². The van der Waals surface area contributed by atoms with Gasteiger partial charge in [0.2, 0.25) is 11.7 Å². The Morgan fingerprint density at radius 1 is 1.17 bits per heavy atom. The fourth-order valence-corrected chi connectivity index (χ4v) is 4.65. The van der Waals surface area contributed by atoms with E-state index < -0.39 is 0 Å². The molecule has 1 aromatic heterocycles. The maximum absolute atomic E-state index is 13.0. The summed E-state index contributed by atoms with van der Waals surface area (Å²) in [4.78, 5) is 19.6. The standard InChI is InChI=1S/C23H32N4O3/c1-15-6-4-8-20(16(15)2)24-22(28)18-7-5-13-27(14-18)23-25-21(26-30-23)17-9-11-19(29-3)12-10-17/h9-12,15-16,18,20H,4-8,13-14H2,1-3H3,(H,24,28). The third-order valence-corrected chi connectivity index (χ3v) is 6.86. The van der Waals surface area contributed by atoms with Gasteiger partial charge in [-0.25, -0.2) is 0 Å². The van der Waals surface area contributed by atoms with E-state index in [0.29, 0.717) is 36.3 Å². The number of aromatic nitrogens is 2. The highest BCUT2D eigenvalue weighted by molar-refractivity contribution is 5.79. The number of nitrogens with one attached hydrogen (secondary N) is 1. The van der Waals surface area contributed by atoms with Gasteiger partial charge in [-0.1, -0.05) is 31.8 Å². The first kappa shape index (κ1) is 20.7. The van der Waals surface area contributed by atoms with Gasteiger partial charge in [0.25, 0.3) is 0 Å². The summed E-state index contributed by atoms with van der Waals surface area (Å²) < 4.78 is 10.7. The molecule has 7 nitrogen and oxygen atoms in total. The molecule has 0 bridgehead atoms. The molecule has 1 saturated heterocycles. The zero-order valence-electron chi connectivity index (χ0n) is 18.1. The van der Waals surface area contributed by atoms with Gasteiger partial charge in [0.1, 0.15) is 5.75 Å². The number of hydrogen-bond donors (Lipinski definition) is 1. The van der Waals surface area contributed by atoms with Gasteiger partial charge in [0.05, 0.1) is 13.0 Å². The summed E-state index contributed by atoms with van der Waals surface area (Å²) in [6.45, 7) is 6.00. The van der Waals surface area contributed by atoms with Crippen molar-refractivity contribution < 1.29 is 14.1 Å². The van der Waals surface area contributed by atoms with Crippen LogP contribution in [-0.4, -0.2) is 42.3 Å². The molecule has 0 radical (unpaired) electrons. The van der Waals surface area contributed by atoms with Crippen LogP contribution in [0.15, 0.2) is 28.8 Å². The molecule has 2 fully saturated rings. The van der Waals surface area contributed by atoms with Crippen molar-refractivity contribution in [1.29, 1.82) is 0 Å². The van der Waals surface area contributed by atoms with E-state index in [0.717, 1.165) is 37.1 Å². The van der Waals surface area contributed by atoms with Crippen molar-refractivity contribution in [2.24, 2.45) is 17.8 Å². The summed E-state index contributed by atoms with van der Waals surface area (Å²) in [5.74, 6) is 2.66. The first-order chi connectivity index (χ1) is 14.5. The molecule has 1 saturated carbocycles. The molecule has 2 heterocycles. The Bertz CT molecular complexity index is 850. The molecule has 2 aromatic rings. The van der Waals surface area contributed by atoms with Crippen molar-refractivity contribution in [1.82, 2.24) is 15.5 Å². The third kappa shape index (κ3) is 4.45. The lowest BCUT2D eigenvalue weighted by atomic mass is 9.78. The molecule has 0 spiro atoms. The van der Waals surface area contributed by atoms with E-state index in [9.17, 15) is 4.79 Å². The molecule has 30 heavy (non-hydrogen) atoms. The van der Waals surface area contributed by atoms with Crippen LogP contribution < -0.4 is 15.0 Å². The Balaban J connectivity index is 1.39. The van der Waals surface area contributed by atoms with Crippen molar-refractivity contribution in [2.45, 2.75) is 52.0 Å². The number of hydrogen-bond acceptors (Lipinski definition) is 6. The van der Waals surface area contributed by atoms with Crippen molar-refractivity contribution in [3.05, 3.63) is 24.3 Å². The number of ether oxygens (including phenoxy) is 1. The van der Waals surface area contributed by atoms with Gasteiger partial charge >= 0.3 is 6.01 Å². The second-order valence-corrected chi connectivity index (χ2v) is 8.80. The minimum atomic E-state index is -0.0421. The number of benzene rings is 1. The van der Waals surface area contributed by atoms with Crippen molar-refractivity contribution in [3.8, 4) is 17.1 Å². The summed E-state index contributed by atoms with van der Waals surface area (Å²) in [6.07, 6.45) is 5.39. The number of amides is 1. The SMILES string of the molecule is COc1ccc(-c2noc(N3CCCC(C(=O)NC4CCCC(C)C4C)C3)n2)cc1. The minimum Gasteiger partial charge on any atom is -0.497 e. The molecule has 1 aliphatic carbocycles. The molecule has 2 aliphatic rings. The second-order valence-electron chi connectivity index (χ2n) is 8.80. The van der Waals surface area contributed by atoms with Crippen LogP contribution in [0.1, 0.15) is 46.0 Å². The molecule has 4 atom stereocenters. The molecular formula is C23H32N4O3. The van der Waals surface area contributed by atoms with Gasteiger partial charge in [-0.3, -0.25) is 4.79 Å². The Labute approximate surface area is 178 Å². The fourth-order valence-electron chi connectivity index (χ4n) is 4.65. The van der Waals surface area contributed by atoms with E-state index in [1.807, 2.05) is 29.2 Å². The number of piperidine rings is 1. The maximum atomic E-state index is 13.0. The van der Waals surface area contributed by atoms with Gasteiger partial charge in [-0.15, -0.1) is 0 Å². The lowest BCUT2D eigenvalue weighted by molar-refractivity contribution is -0.126. The van der Waals surface area contributed by atoms with Crippen molar-refractivity contribution in [3.63, 3.8) is 0 Å². The molecule has 162 valence electrons. The van der Waals surface area contributed by atoms with Crippen LogP contribution in [0.5, 0.6) is 5.75 Å². The van der Waals surface area contributed by atoms with Crippen LogP contribution in [0.3, 0.4) is 0 Å². The first-order valence-electron chi connectivity index (χ1n) is 11.1. The van der Waals surface area contributed by atoms with Crippen LogP contribution in [0.2, 0.25) is 0 Å². The smallest absolute Gasteiger partial charge is 0.324 e. The average Bonchev–Trinajstić information content (AvgIpc) is 3.27. The van der Waals surface area contributed by atoms with Gasteiger partial charge in [0, 0.05) is 24.7 Å². The Kier molecular flexibility index (Phi) is 6.25. The minimum absolute atomic E-state index is 0.0421. The normalized spacial score (nSPS) is 27.0. The van der Waals surface area contributed by atoms with Gasteiger partial charge in [0.15, 0.2) is 0 Å². The maximum Gasteiger partial charge on any atom is 0.324 e. The van der Waals surface area contributed by atoms with Crippen molar-refractivity contribution in [2.75, 3.05) is 25.1 Å². The molecule has 4 rings (SSSR count). The Morgan fingerprint density at radius 3 is 2.73 bits per heavy atom. The van der Waals surface area contributed by atoms with Crippen LogP contribution in [0.25, 0.3) is 11.4 Å². The highest BCUT2D eigenvalue weighted by atomic mass is 16.5. The van der Waals surface area contributed by atoms with E-state index in [2.05, 4.69) is 29.3 Å². The zero-order chi connectivity index (χ0) is 21.1. The molecule has 1 aromatic carbocycles. The van der Waals surface area contributed by atoms with Crippen LogP contribution in [-0.2, 0) is 4.79 Å². The van der Waals surface area contributed by atoms with Gasteiger partial charge in [-0.05, 0) is 55.4 Å². The van der Waals surface area contributed by atoms with E-state index in [1.165, 1.54) is 12.8 Å². The fraction of sp³-hybridized carbons (Fsp3) is 0.609. The topological polar surface area (TPSA) is 80.5 Å². The number of methoxy groups -OCH3 is 1. The Morgan fingerprint density at radius 2 is 1.97 bits per heavy atom. The molecular weight excluding hydrogens is 380 g/mol. The monoisotopic (exact) mass is 412 g/mol. The summed E-state index contributed by atoms with van der Waals surface area (Å²) in [5.41, 5.74) is 0.873. The number of rotatable bonds is 5. The predicted molar refractivity (Wildman–Crippen MR) is 115 cm³/mol. The largest absolute Gasteiger partial charge is 0.497 e. The molecule has 7 heteroatoms. The van der Waals surface area contributed by atoms with Gasteiger partial charge in [-0.2, -0.15) is 4.98 Å². The quantitative estimate of drug-likeness (QED) is 0.802. The summed E-state index contributed by atoms with van der Waals surface area (Å²) in [7, 11) is 1.64. The van der Waals surface area contributed by atoms with Gasteiger partial charge < -0.3 is 19.5 Å². The zero-order valence-corrected chi connectivity index (χ0v) is 18.1. The van der Waals surface area contributed by atoms with Crippen LogP contribution in [0, 0.1) is 17.8 Å². The second kappa shape index (κ2) is 9.06. The lowest BCUT2D eigenvalue weighted by Gasteiger charge is -2.37. The first-order valence-corrected chi connectivity index (χ1v) is 11.1. The molecule has 1 aliphatic heterocycles. The van der Waals surface area contributed by atoms with Crippen LogP contribution >= 0.6 is 0 Å². The highest BCUT2D eigenvalue weighted by Gasteiger charge is 2.33. The van der Waals surface area contributed by atoms with E-state index in [4.69, 9.17) is 9.26 Å². The predicted octanol–water partition coefficient (Wildman–Crippen LogP) is 3.90. The molecule has 1 amide bonds. The third-order valence-electron chi connectivity index (χ3n) is 6.86. The van der Waals surface area contributed by atoms with Crippen LogP contribution in [0.4, 0.5) is 6.01 Å². The number of anilines is 1. The number of carbonyl (C=O) groups is 1. The number of nitrogens with zero attached hydrogens (tertiary/aromatic N) is 3. The van der Waals surface area contributed by atoms with E-state index >= 15 is 0 Å². The highest BCUT2D eigenvalue weighted by Crippen LogP contribution is 2.30.